The molecule has 144 valence electrons. The summed E-state index contributed by atoms with van der Waals surface area (Å²) in [6.07, 6.45) is 0. The summed E-state index contributed by atoms with van der Waals surface area (Å²) in [6, 6.07) is 17.6. The second kappa shape index (κ2) is 12.5. The minimum Gasteiger partial charge on any atom is -0.0955 e. The molecule has 0 atom stereocenters. The Morgan fingerprint density at radius 3 is 1.00 bits per heavy atom. The standard InChI is InChI=1S/C12H18.C12H16.C2H6/c2*1-9(2)11-5-7-12(8-6-11)10(3)4;1-2/h5-10H,1-4H3;5-8,10H,1H2,2-4H3;1-2H3. The molecule has 0 aliphatic heterocycles. The van der Waals surface area contributed by atoms with Crippen LogP contribution in [0.5, 0.6) is 0 Å². The molecular weight excluding hydrogens is 312 g/mol. The zero-order chi connectivity index (χ0) is 20.3. The molecule has 0 radical (unpaired) electrons. The van der Waals surface area contributed by atoms with E-state index in [0.29, 0.717) is 17.8 Å². The van der Waals surface area contributed by atoms with Gasteiger partial charge in [0.15, 0.2) is 0 Å². The highest BCUT2D eigenvalue weighted by molar-refractivity contribution is 5.61. The largest absolute Gasteiger partial charge is 0.0955 e. The highest BCUT2D eigenvalue weighted by Gasteiger charge is 2.01. The van der Waals surface area contributed by atoms with Crippen molar-refractivity contribution >= 4 is 5.57 Å². The molecule has 0 saturated carbocycles. The van der Waals surface area contributed by atoms with Crippen molar-refractivity contribution in [2.75, 3.05) is 0 Å². The molecule has 0 fully saturated rings. The zero-order valence-electron chi connectivity index (χ0n) is 18.6. The van der Waals surface area contributed by atoms with Crippen molar-refractivity contribution < 1.29 is 0 Å². The van der Waals surface area contributed by atoms with E-state index in [9.17, 15) is 0 Å². The normalized spacial score (nSPS) is 10.2. The predicted molar refractivity (Wildman–Crippen MR) is 121 cm³/mol. The van der Waals surface area contributed by atoms with Crippen molar-refractivity contribution in [3.63, 3.8) is 0 Å². The number of benzene rings is 2. The fraction of sp³-hybridized carbons (Fsp3) is 0.462. The van der Waals surface area contributed by atoms with E-state index >= 15 is 0 Å². The molecule has 0 amide bonds. The molecule has 0 N–H and O–H groups in total. The van der Waals surface area contributed by atoms with Gasteiger partial charge in [-0.1, -0.05) is 116 Å². The molecule has 0 aliphatic carbocycles. The van der Waals surface area contributed by atoms with Crippen LogP contribution in [0.2, 0.25) is 0 Å². The number of rotatable bonds is 4. The third-order valence-corrected chi connectivity index (χ3v) is 4.34. The second-order valence-corrected chi connectivity index (χ2v) is 7.53. The van der Waals surface area contributed by atoms with Gasteiger partial charge >= 0.3 is 0 Å². The van der Waals surface area contributed by atoms with Crippen molar-refractivity contribution in [2.45, 2.75) is 80.1 Å². The highest BCUT2D eigenvalue weighted by Crippen LogP contribution is 2.19. The number of hydrogen-bond acceptors (Lipinski definition) is 0. The van der Waals surface area contributed by atoms with Crippen LogP contribution in [0.25, 0.3) is 5.57 Å². The van der Waals surface area contributed by atoms with Crippen molar-refractivity contribution in [3.8, 4) is 0 Å². The van der Waals surface area contributed by atoms with Crippen molar-refractivity contribution in [1.82, 2.24) is 0 Å². The van der Waals surface area contributed by atoms with Crippen LogP contribution in [0.15, 0.2) is 55.1 Å². The minimum atomic E-state index is 0.615. The fourth-order valence-corrected chi connectivity index (χ4v) is 2.42. The summed E-state index contributed by atoms with van der Waals surface area (Å²) in [5.41, 5.74) is 6.61. The Balaban J connectivity index is 0.000000439. The molecule has 2 aromatic rings. The molecule has 0 bridgehead atoms. The molecule has 0 nitrogen and oxygen atoms in total. The molecule has 2 aromatic carbocycles. The third kappa shape index (κ3) is 8.52. The van der Waals surface area contributed by atoms with Gasteiger partial charge in [0.25, 0.3) is 0 Å². The van der Waals surface area contributed by atoms with Gasteiger partial charge in [0.1, 0.15) is 0 Å². The molecule has 0 unspecified atom stereocenters. The zero-order valence-corrected chi connectivity index (χ0v) is 18.6. The predicted octanol–water partition coefficient (Wildman–Crippen LogP) is 8.80. The average molecular weight is 353 g/mol. The topological polar surface area (TPSA) is 0 Å². The Morgan fingerprint density at radius 2 is 0.808 bits per heavy atom. The van der Waals surface area contributed by atoms with Gasteiger partial charge in [-0.05, 0) is 46.9 Å². The van der Waals surface area contributed by atoms with Gasteiger partial charge < -0.3 is 0 Å². The average Bonchev–Trinajstić information content (AvgIpc) is 2.64. The van der Waals surface area contributed by atoms with Gasteiger partial charge in [-0.25, -0.2) is 0 Å². The Bertz CT molecular complexity index is 583. The Morgan fingerprint density at radius 1 is 0.577 bits per heavy atom. The van der Waals surface area contributed by atoms with Gasteiger partial charge in [0.05, 0.1) is 0 Å². The van der Waals surface area contributed by atoms with Crippen LogP contribution < -0.4 is 0 Å². The summed E-state index contributed by atoms with van der Waals surface area (Å²) < 4.78 is 0. The molecular formula is C26H40. The van der Waals surface area contributed by atoms with Gasteiger partial charge in [0.2, 0.25) is 0 Å². The monoisotopic (exact) mass is 352 g/mol. The minimum absolute atomic E-state index is 0.615. The van der Waals surface area contributed by atoms with E-state index in [2.05, 4.69) is 96.7 Å². The first-order valence-electron chi connectivity index (χ1n) is 10.1. The first kappa shape index (κ1) is 24.2. The molecule has 0 heteroatoms. The van der Waals surface area contributed by atoms with E-state index < -0.39 is 0 Å². The lowest BCUT2D eigenvalue weighted by Crippen LogP contribution is -1.90. The van der Waals surface area contributed by atoms with Crippen molar-refractivity contribution in [1.29, 1.82) is 0 Å². The quantitative estimate of drug-likeness (QED) is 0.515. The summed E-state index contributed by atoms with van der Waals surface area (Å²) in [5.74, 6) is 1.90. The van der Waals surface area contributed by atoms with E-state index in [4.69, 9.17) is 0 Å². The molecule has 0 saturated heterocycles. The molecule has 0 heterocycles. The lowest BCUT2D eigenvalue weighted by Gasteiger charge is -2.08. The van der Waals surface area contributed by atoms with Gasteiger partial charge in [0, 0.05) is 0 Å². The first-order valence-corrected chi connectivity index (χ1v) is 10.1. The number of hydrogen-bond donors (Lipinski definition) is 0. The maximum atomic E-state index is 3.90. The SMILES string of the molecule is C=C(C)c1ccc(C(C)C)cc1.CC.CC(C)c1ccc(C(C)C)cc1. The van der Waals surface area contributed by atoms with Crippen LogP contribution in [0.3, 0.4) is 0 Å². The lowest BCUT2D eigenvalue weighted by atomic mass is 9.97. The van der Waals surface area contributed by atoms with E-state index in [0.717, 1.165) is 5.57 Å². The maximum absolute atomic E-state index is 3.90. The van der Waals surface area contributed by atoms with Gasteiger partial charge in [-0.2, -0.15) is 0 Å². The Hall–Kier alpha value is -1.82. The van der Waals surface area contributed by atoms with Gasteiger partial charge in [-0.15, -0.1) is 0 Å². The smallest absolute Gasteiger partial charge is 0.0219 e. The third-order valence-electron chi connectivity index (χ3n) is 4.34. The Kier molecular flexibility index (Phi) is 11.6. The van der Waals surface area contributed by atoms with Crippen LogP contribution in [0.1, 0.15) is 102 Å². The van der Waals surface area contributed by atoms with Gasteiger partial charge in [-0.3, -0.25) is 0 Å². The second-order valence-electron chi connectivity index (χ2n) is 7.53. The summed E-state index contributed by atoms with van der Waals surface area (Å²) in [5, 5.41) is 0. The molecule has 0 aliphatic rings. The van der Waals surface area contributed by atoms with E-state index in [1.165, 1.54) is 22.3 Å². The van der Waals surface area contributed by atoms with Crippen molar-refractivity contribution in [2.24, 2.45) is 0 Å². The fourth-order valence-electron chi connectivity index (χ4n) is 2.42. The first-order chi connectivity index (χ1) is 12.2. The number of allylic oxidation sites excluding steroid dienone is 1. The van der Waals surface area contributed by atoms with Crippen LogP contribution in [-0.2, 0) is 0 Å². The molecule has 0 spiro atoms. The highest BCUT2D eigenvalue weighted by atomic mass is 14.1. The summed E-state index contributed by atoms with van der Waals surface area (Å²) in [7, 11) is 0. The van der Waals surface area contributed by atoms with Crippen molar-refractivity contribution in [3.05, 3.63) is 77.4 Å². The molecule has 2 rings (SSSR count). The molecule has 0 aromatic heterocycles. The van der Waals surface area contributed by atoms with E-state index in [-0.39, 0.29) is 0 Å². The van der Waals surface area contributed by atoms with Crippen LogP contribution in [0, 0.1) is 0 Å². The maximum Gasteiger partial charge on any atom is -0.0219 e. The summed E-state index contributed by atoms with van der Waals surface area (Å²) in [6.45, 7) is 23.2. The van der Waals surface area contributed by atoms with Crippen LogP contribution >= 0.6 is 0 Å². The summed E-state index contributed by atoms with van der Waals surface area (Å²) >= 11 is 0. The molecule has 26 heavy (non-hydrogen) atoms. The lowest BCUT2D eigenvalue weighted by molar-refractivity contribution is 0.845. The van der Waals surface area contributed by atoms with Crippen LogP contribution in [0.4, 0.5) is 0 Å². The Labute approximate surface area is 163 Å². The summed E-state index contributed by atoms with van der Waals surface area (Å²) in [4.78, 5) is 0. The van der Waals surface area contributed by atoms with E-state index in [1.54, 1.807) is 0 Å². The van der Waals surface area contributed by atoms with E-state index in [1.807, 2.05) is 20.8 Å². The van der Waals surface area contributed by atoms with Crippen LogP contribution in [-0.4, -0.2) is 0 Å².